The van der Waals surface area contributed by atoms with Gasteiger partial charge in [0.15, 0.2) is 0 Å². The molecule has 1 aromatic carbocycles. The number of rotatable bonds is 8. The number of hydrogen-bond donors (Lipinski definition) is 1. The number of piperidine rings is 1. The van der Waals surface area contributed by atoms with E-state index >= 15 is 0 Å². The van der Waals surface area contributed by atoms with Crippen molar-refractivity contribution < 1.29 is 14.3 Å². The van der Waals surface area contributed by atoms with E-state index in [1.54, 1.807) is 16.0 Å². The minimum Gasteiger partial charge on any atom is -0.437 e. The Morgan fingerprint density at radius 1 is 1.17 bits per heavy atom. The Morgan fingerprint density at radius 2 is 1.93 bits per heavy atom. The third-order valence-corrected chi connectivity index (χ3v) is 8.51. The molecule has 3 aromatic heterocycles. The number of nitriles is 1. The molecular formula is C29H33N9O3S. The molecule has 1 amide bonds. The van der Waals surface area contributed by atoms with Crippen LogP contribution in [0.25, 0.3) is 10.2 Å². The smallest absolute Gasteiger partial charge is 0.244 e. The second-order valence-electron chi connectivity index (χ2n) is 10.7. The van der Waals surface area contributed by atoms with Crippen LogP contribution in [0.1, 0.15) is 35.2 Å². The summed E-state index contributed by atoms with van der Waals surface area (Å²) in [7, 11) is 0. The van der Waals surface area contributed by atoms with Crippen LogP contribution in [0.15, 0.2) is 29.8 Å². The van der Waals surface area contributed by atoms with Gasteiger partial charge in [0.05, 0.1) is 42.3 Å². The van der Waals surface area contributed by atoms with Crippen molar-refractivity contribution in [3.05, 3.63) is 52.2 Å². The molecule has 0 spiro atoms. The van der Waals surface area contributed by atoms with Gasteiger partial charge in [-0.2, -0.15) is 10.2 Å². The number of morpholine rings is 1. The monoisotopic (exact) mass is 587 g/mol. The van der Waals surface area contributed by atoms with Crippen molar-refractivity contribution in [1.82, 2.24) is 34.8 Å². The van der Waals surface area contributed by atoms with Gasteiger partial charge in [0, 0.05) is 38.8 Å². The zero-order chi connectivity index (χ0) is 29.1. The fourth-order valence-electron chi connectivity index (χ4n) is 5.43. The molecular weight excluding hydrogens is 554 g/mol. The fourth-order valence-corrected chi connectivity index (χ4v) is 6.19. The van der Waals surface area contributed by atoms with Gasteiger partial charge in [0.2, 0.25) is 17.7 Å². The molecule has 13 heteroatoms. The number of aromatic nitrogens is 5. The second-order valence-corrected chi connectivity index (χ2v) is 11.7. The minimum absolute atomic E-state index is 0.0419. The van der Waals surface area contributed by atoms with Crippen LogP contribution in [-0.2, 0) is 22.6 Å². The van der Waals surface area contributed by atoms with Crippen molar-refractivity contribution in [2.45, 2.75) is 45.8 Å². The number of benzene rings is 1. The lowest BCUT2D eigenvalue weighted by atomic mass is 10.1. The SMILES string of the molecule is Cc1cc(C#N)cc(C)c1Oc1nc(NC2CCN(Cc3cn(CC(=O)N4CCOCC4)nn3)CC2)nc2ccsc12. The number of carbonyl (C=O) groups excluding carboxylic acids is 1. The predicted molar refractivity (Wildman–Crippen MR) is 157 cm³/mol. The zero-order valence-electron chi connectivity index (χ0n) is 23.7. The Balaban J connectivity index is 1.05. The number of anilines is 1. The lowest BCUT2D eigenvalue weighted by Crippen LogP contribution is -2.42. The lowest BCUT2D eigenvalue weighted by molar-refractivity contribution is -0.136. The molecule has 2 aliphatic heterocycles. The Morgan fingerprint density at radius 3 is 2.67 bits per heavy atom. The number of carbonyl (C=O) groups is 1. The minimum atomic E-state index is 0.0419. The van der Waals surface area contributed by atoms with Crippen molar-refractivity contribution in [3.8, 4) is 17.7 Å². The molecule has 218 valence electrons. The molecule has 12 nitrogen and oxygen atoms in total. The summed E-state index contributed by atoms with van der Waals surface area (Å²) in [5, 5.41) is 23.3. The van der Waals surface area contributed by atoms with Crippen molar-refractivity contribution in [2.24, 2.45) is 0 Å². The summed E-state index contributed by atoms with van der Waals surface area (Å²) in [5.41, 5.74) is 4.08. The average Bonchev–Trinajstić information content (AvgIpc) is 3.65. The van der Waals surface area contributed by atoms with Crippen molar-refractivity contribution >= 4 is 33.4 Å². The lowest BCUT2D eigenvalue weighted by Gasteiger charge is -2.31. The molecule has 0 bridgehead atoms. The van der Waals surface area contributed by atoms with Crippen LogP contribution >= 0.6 is 11.3 Å². The van der Waals surface area contributed by atoms with Crippen molar-refractivity contribution in [1.29, 1.82) is 5.26 Å². The average molecular weight is 588 g/mol. The third-order valence-electron chi connectivity index (χ3n) is 7.61. The van der Waals surface area contributed by atoms with Crippen LogP contribution in [0.5, 0.6) is 11.6 Å². The molecule has 42 heavy (non-hydrogen) atoms. The van der Waals surface area contributed by atoms with Gasteiger partial charge in [-0.05, 0) is 61.4 Å². The summed E-state index contributed by atoms with van der Waals surface area (Å²) < 4.78 is 14.2. The summed E-state index contributed by atoms with van der Waals surface area (Å²) in [4.78, 5) is 26.2. The quantitative estimate of drug-likeness (QED) is 0.326. The molecule has 0 radical (unpaired) electrons. The van der Waals surface area contributed by atoms with E-state index in [1.807, 2.05) is 48.5 Å². The number of fused-ring (bicyclic) bond motifs is 1. The van der Waals surface area contributed by atoms with Crippen molar-refractivity contribution in [2.75, 3.05) is 44.7 Å². The fraction of sp³-hybridized carbons (Fsp3) is 0.448. The van der Waals surface area contributed by atoms with Gasteiger partial charge in [-0.15, -0.1) is 16.4 Å². The first-order chi connectivity index (χ1) is 20.4. The highest BCUT2D eigenvalue weighted by atomic mass is 32.1. The zero-order valence-corrected chi connectivity index (χ0v) is 24.6. The topological polar surface area (TPSA) is 134 Å². The summed E-state index contributed by atoms with van der Waals surface area (Å²) in [6, 6.07) is 8.05. The first-order valence-corrected chi connectivity index (χ1v) is 15.0. The van der Waals surface area contributed by atoms with Gasteiger partial charge in [-0.3, -0.25) is 9.69 Å². The Kier molecular flexibility index (Phi) is 8.27. The van der Waals surface area contributed by atoms with Crippen LogP contribution in [0.2, 0.25) is 0 Å². The van der Waals surface area contributed by atoms with Crippen LogP contribution in [-0.4, -0.2) is 86.1 Å². The summed E-state index contributed by atoms with van der Waals surface area (Å²) in [5.74, 6) is 1.82. The summed E-state index contributed by atoms with van der Waals surface area (Å²) in [6.07, 6.45) is 3.73. The van der Waals surface area contributed by atoms with E-state index in [4.69, 9.17) is 19.4 Å². The van der Waals surface area contributed by atoms with Crippen LogP contribution < -0.4 is 10.1 Å². The molecule has 5 heterocycles. The maximum Gasteiger partial charge on any atom is 0.244 e. The van der Waals surface area contributed by atoms with E-state index in [9.17, 15) is 10.1 Å². The maximum absolute atomic E-state index is 12.5. The van der Waals surface area contributed by atoms with E-state index in [2.05, 4.69) is 26.6 Å². The molecule has 4 aromatic rings. The summed E-state index contributed by atoms with van der Waals surface area (Å²) >= 11 is 1.54. The van der Waals surface area contributed by atoms with E-state index in [0.29, 0.717) is 56.0 Å². The number of ether oxygens (including phenoxy) is 2. The standard InChI is InChI=1S/C29H33N9O3S/c1-19-13-21(15-30)14-20(2)26(19)41-28-27-24(5-12-42-27)32-29(33-28)31-22-3-6-36(7-4-22)16-23-17-38(35-34-23)18-25(39)37-8-10-40-11-9-37/h5,12-14,17,22H,3-4,6-11,16,18H2,1-2H3,(H,31,32,33). The van der Waals surface area contributed by atoms with E-state index in [0.717, 1.165) is 53.0 Å². The molecule has 2 saturated heterocycles. The van der Waals surface area contributed by atoms with Gasteiger partial charge in [-0.25, -0.2) is 9.67 Å². The molecule has 1 N–H and O–H groups in total. The number of thiophene rings is 1. The van der Waals surface area contributed by atoms with Gasteiger partial charge in [0.25, 0.3) is 0 Å². The number of aryl methyl sites for hydroxylation is 2. The molecule has 0 unspecified atom stereocenters. The Bertz CT molecular complexity index is 1590. The highest BCUT2D eigenvalue weighted by Gasteiger charge is 2.23. The molecule has 2 fully saturated rings. The number of nitrogens with zero attached hydrogens (tertiary/aromatic N) is 8. The van der Waals surface area contributed by atoms with Crippen LogP contribution in [0, 0.1) is 25.2 Å². The largest absolute Gasteiger partial charge is 0.437 e. The van der Waals surface area contributed by atoms with Gasteiger partial charge >= 0.3 is 0 Å². The van der Waals surface area contributed by atoms with Crippen LogP contribution in [0.3, 0.4) is 0 Å². The summed E-state index contributed by atoms with van der Waals surface area (Å²) in [6.45, 7) is 8.97. The molecule has 6 rings (SSSR count). The first-order valence-electron chi connectivity index (χ1n) is 14.1. The maximum atomic E-state index is 12.5. The van der Waals surface area contributed by atoms with E-state index < -0.39 is 0 Å². The van der Waals surface area contributed by atoms with Gasteiger partial charge in [-0.1, -0.05) is 5.21 Å². The van der Waals surface area contributed by atoms with Gasteiger partial charge in [0.1, 0.15) is 17.0 Å². The van der Waals surface area contributed by atoms with Crippen LogP contribution in [0.4, 0.5) is 5.95 Å². The molecule has 0 aliphatic carbocycles. The number of hydrogen-bond acceptors (Lipinski definition) is 11. The normalized spacial score (nSPS) is 16.5. The number of amides is 1. The second kappa shape index (κ2) is 12.4. The highest BCUT2D eigenvalue weighted by Crippen LogP contribution is 2.35. The Labute approximate surface area is 247 Å². The highest BCUT2D eigenvalue weighted by molar-refractivity contribution is 7.17. The number of nitrogens with one attached hydrogen (secondary N) is 1. The third kappa shape index (κ3) is 6.35. The van der Waals surface area contributed by atoms with Gasteiger partial charge < -0.3 is 19.7 Å². The predicted octanol–water partition coefficient (Wildman–Crippen LogP) is 3.50. The van der Waals surface area contributed by atoms with Crippen molar-refractivity contribution in [3.63, 3.8) is 0 Å². The number of likely N-dealkylation sites (tertiary alicyclic amines) is 1. The Hall–Kier alpha value is -4.12. The molecule has 0 atom stereocenters. The first kappa shape index (κ1) is 28.0. The molecule has 2 aliphatic rings. The van der Waals surface area contributed by atoms with E-state index in [-0.39, 0.29) is 18.5 Å². The molecule has 0 saturated carbocycles. The van der Waals surface area contributed by atoms with E-state index in [1.165, 1.54) is 0 Å².